The maximum atomic E-state index is 5.51. The van der Waals surface area contributed by atoms with Gasteiger partial charge in [-0.05, 0) is 23.5 Å². The summed E-state index contributed by atoms with van der Waals surface area (Å²) in [7, 11) is 0. The van der Waals surface area contributed by atoms with Crippen LogP contribution in [-0.4, -0.2) is 19.0 Å². The second-order valence-corrected chi connectivity index (χ2v) is 5.04. The van der Waals surface area contributed by atoms with Crippen LogP contribution >= 0.6 is 12.6 Å². The molecule has 2 heteroatoms. The predicted octanol–water partition coefficient (Wildman–Crippen LogP) is 3.01. The zero-order valence-electron chi connectivity index (χ0n) is 8.76. The lowest BCUT2D eigenvalue weighted by Crippen LogP contribution is -2.13. The lowest BCUT2D eigenvalue weighted by Gasteiger charge is -2.18. The van der Waals surface area contributed by atoms with Crippen LogP contribution in [0.4, 0.5) is 0 Å². The molecule has 0 spiro atoms. The van der Waals surface area contributed by atoms with Crippen molar-refractivity contribution in [1.29, 1.82) is 0 Å². The lowest BCUT2D eigenvalue weighted by atomic mass is 9.93. The molecule has 0 aromatic carbocycles. The van der Waals surface area contributed by atoms with Gasteiger partial charge in [0.2, 0.25) is 0 Å². The Bertz CT molecular complexity index is 107. The summed E-state index contributed by atoms with van der Waals surface area (Å²) >= 11 is 4.19. The molecule has 0 aromatic heterocycles. The molecular weight excluding hydrogens is 168 g/mol. The van der Waals surface area contributed by atoms with E-state index < -0.39 is 0 Å². The van der Waals surface area contributed by atoms with Crippen LogP contribution in [0, 0.1) is 11.3 Å². The van der Waals surface area contributed by atoms with Gasteiger partial charge in [-0.3, -0.25) is 0 Å². The van der Waals surface area contributed by atoms with Gasteiger partial charge in [-0.15, -0.1) is 0 Å². The molecule has 0 N–H and O–H groups in total. The van der Waals surface area contributed by atoms with E-state index in [1.54, 1.807) is 0 Å². The van der Waals surface area contributed by atoms with Crippen LogP contribution in [0.15, 0.2) is 0 Å². The largest absolute Gasteiger partial charge is 0.381 e. The first-order valence-corrected chi connectivity index (χ1v) is 5.27. The average Bonchev–Trinajstić information content (AvgIpc) is 1.96. The van der Waals surface area contributed by atoms with Gasteiger partial charge in [0.15, 0.2) is 0 Å². The highest BCUT2D eigenvalue weighted by Crippen LogP contribution is 2.18. The summed E-state index contributed by atoms with van der Waals surface area (Å²) in [5, 5.41) is 0. The van der Waals surface area contributed by atoms with E-state index in [1.165, 1.54) is 0 Å². The number of ether oxygens (including phenoxy) is 1. The van der Waals surface area contributed by atoms with Crippen LogP contribution in [-0.2, 0) is 4.74 Å². The highest BCUT2D eigenvalue weighted by molar-refractivity contribution is 7.80. The molecule has 0 amide bonds. The molecule has 1 nitrogen and oxygen atoms in total. The van der Waals surface area contributed by atoms with Gasteiger partial charge in [-0.2, -0.15) is 12.6 Å². The van der Waals surface area contributed by atoms with E-state index in [0.29, 0.717) is 11.3 Å². The zero-order chi connectivity index (χ0) is 9.61. The van der Waals surface area contributed by atoms with Crippen molar-refractivity contribution >= 4 is 12.6 Å². The molecule has 1 unspecified atom stereocenters. The van der Waals surface area contributed by atoms with Gasteiger partial charge in [-0.1, -0.05) is 27.7 Å². The van der Waals surface area contributed by atoms with Crippen LogP contribution in [0.3, 0.4) is 0 Å². The first-order chi connectivity index (χ1) is 5.45. The SMILES string of the molecule is CC(CS)COCCC(C)(C)C. The molecule has 0 aliphatic heterocycles. The Morgan fingerprint density at radius 1 is 1.33 bits per heavy atom. The summed E-state index contributed by atoms with van der Waals surface area (Å²) < 4.78 is 5.51. The second kappa shape index (κ2) is 5.87. The molecule has 0 fully saturated rings. The molecule has 0 saturated heterocycles. The Kier molecular flexibility index (Phi) is 6.02. The molecule has 74 valence electrons. The molecule has 0 aliphatic rings. The van der Waals surface area contributed by atoms with Crippen LogP contribution in [0.1, 0.15) is 34.1 Å². The van der Waals surface area contributed by atoms with Gasteiger partial charge in [0.05, 0.1) is 0 Å². The van der Waals surface area contributed by atoms with Gasteiger partial charge in [-0.25, -0.2) is 0 Å². The predicted molar refractivity (Wildman–Crippen MR) is 57.9 cm³/mol. The van der Waals surface area contributed by atoms with E-state index in [2.05, 4.69) is 40.3 Å². The number of thiol groups is 1. The van der Waals surface area contributed by atoms with E-state index in [1.807, 2.05) is 0 Å². The first-order valence-electron chi connectivity index (χ1n) is 4.64. The van der Waals surface area contributed by atoms with Gasteiger partial charge in [0, 0.05) is 13.2 Å². The summed E-state index contributed by atoms with van der Waals surface area (Å²) in [4.78, 5) is 0. The van der Waals surface area contributed by atoms with Crippen molar-refractivity contribution in [2.75, 3.05) is 19.0 Å². The Balaban J connectivity index is 3.22. The molecule has 12 heavy (non-hydrogen) atoms. The topological polar surface area (TPSA) is 9.23 Å². The first kappa shape index (κ1) is 12.3. The Hall–Kier alpha value is 0.310. The third-order valence-corrected chi connectivity index (χ3v) is 2.33. The third kappa shape index (κ3) is 8.41. The minimum absolute atomic E-state index is 0.393. The van der Waals surface area contributed by atoms with Crippen molar-refractivity contribution < 1.29 is 4.74 Å². The van der Waals surface area contributed by atoms with E-state index in [0.717, 1.165) is 25.4 Å². The van der Waals surface area contributed by atoms with E-state index >= 15 is 0 Å². The van der Waals surface area contributed by atoms with Crippen molar-refractivity contribution in [2.45, 2.75) is 34.1 Å². The smallest absolute Gasteiger partial charge is 0.0499 e. The van der Waals surface area contributed by atoms with E-state index in [9.17, 15) is 0 Å². The Morgan fingerprint density at radius 3 is 2.33 bits per heavy atom. The molecule has 0 radical (unpaired) electrons. The number of hydrogen-bond donors (Lipinski definition) is 1. The molecule has 0 bridgehead atoms. The van der Waals surface area contributed by atoms with Crippen molar-refractivity contribution in [3.63, 3.8) is 0 Å². The van der Waals surface area contributed by atoms with Gasteiger partial charge in [0.1, 0.15) is 0 Å². The molecule has 1 atom stereocenters. The van der Waals surface area contributed by atoms with Crippen molar-refractivity contribution in [2.24, 2.45) is 11.3 Å². The zero-order valence-corrected chi connectivity index (χ0v) is 9.66. The lowest BCUT2D eigenvalue weighted by molar-refractivity contribution is 0.0894. The van der Waals surface area contributed by atoms with Crippen LogP contribution in [0.2, 0.25) is 0 Å². The third-order valence-electron chi connectivity index (χ3n) is 1.71. The Morgan fingerprint density at radius 2 is 1.92 bits per heavy atom. The summed E-state index contributed by atoms with van der Waals surface area (Å²) in [6.45, 7) is 10.6. The minimum atomic E-state index is 0.393. The maximum Gasteiger partial charge on any atom is 0.0499 e. The summed E-state index contributed by atoms with van der Waals surface area (Å²) in [6, 6.07) is 0. The quantitative estimate of drug-likeness (QED) is 0.518. The minimum Gasteiger partial charge on any atom is -0.381 e. The summed E-state index contributed by atoms with van der Waals surface area (Å²) in [5.74, 6) is 1.49. The average molecular weight is 190 g/mol. The maximum absolute atomic E-state index is 5.51. The highest BCUT2D eigenvalue weighted by Gasteiger charge is 2.09. The van der Waals surface area contributed by atoms with Crippen molar-refractivity contribution in [3.05, 3.63) is 0 Å². The van der Waals surface area contributed by atoms with Gasteiger partial charge < -0.3 is 4.74 Å². The number of rotatable bonds is 5. The van der Waals surface area contributed by atoms with Crippen molar-refractivity contribution in [3.8, 4) is 0 Å². The normalized spacial score (nSPS) is 14.8. The van der Waals surface area contributed by atoms with Crippen LogP contribution in [0.5, 0.6) is 0 Å². The molecule has 0 heterocycles. The fraction of sp³-hybridized carbons (Fsp3) is 1.00. The highest BCUT2D eigenvalue weighted by atomic mass is 32.1. The molecule has 0 rings (SSSR count). The van der Waals surface area contributed by atoms with Crippen molar-refractivity contribution in [1.82, 2.24) is 0 Å². The molecule has 0 saturated carbocycles. The molecule has 0 aliphatic carbocycles. The van der Waals surface area contributed by atoms with Gasteiger partial charge in [0.25, 0.3) is 0 Å². The fourth-order valence-corrected chi connectivity index (χ4v) is 0.821. The monoisotopic (exact) mass is 190 g/mol. The van der Waals surface area contributed by atoms with Crippen LogP contribution in [0.25, 0.3) is 0 Å². The number of hydrogen-bond acceptors (Lipinski definition) is 2. The molecule has 0 aromatic rings. The van der Waals surface area contributed by atoms with E-state index in [-0.39, 0.29) is 0 Å². The fourth-order valence-electron chi connectivity index (χ4n) is 0.716. The van der Waals surface area contributed by atoms with Crippen LogP contribution < -0.4 is 0 Å². The van der Waals surface area contributed by atoms with E-state index in [4.69, 9.17) is 4.74 Å². The Labute approximate surface area is 82.3 Å². The second-order valence-electron chi connectivity index (χ2n) is 4.67. The van der Waals surface area contributed by atoms with Gasteiger partial charge >= 0.3 is 0 Å². The summed E-state index contributed by atoms with van der Waals surface area (Å²) in [5.41, 5.74) is 0.393. The standard InChI is InChI=1S/C10H22OS/c1-9(8-12)7-11-6-5-10(2,3)4/h9,12H,5-8H2,1-4H3. The molecular formula is C10H22OS. The summed E-state index contributed by atoms with van der Waals surface area (Å²) in [6.07, 6.45) is 1.13.